The van der Waals surface area contributed by atoms with Crippen LogP contribution < -0.4 is 5.32 Å². The highest BCUT2D eigenvalue weighted by Crippen LogP contribution is 2.66. The van der Waals surface area contributed by atoms with Crippen molar-refractivity contribution in [2.45, 2.75) is 57.9 Å². The Bertz CT molecular complexity index is 326. The van der Waals surface area contributed by atoms with Crippen LogP contribution in [-0.2, 0) is 4.74 Å². The minimum Gasteiger partial charge on any atom is -0.394 e. The second kappa shape index (κ2) is 4.71. The fourth-order valence-corrected chi connectivity index (χ4v) is 6.20. The van der Waals surface area contributed by atoms with Crippen LogP contribution in [0, 0.1) is 16.7 Å². The molecule has 3 nitrogen and oxygen atoms in total. The van der Waals surface area contributed by atoms with Crippen molar-refractivity contribution in [3.63, 3.8) is 0 Å². The zero-order chi connectivity index (χ0) is 13.6. The third-order valence-electron chi connectivity index (χ3n) is 5.61. The van der Waals surface area contributed by atoms with Crippen molar-refractivity contribution < 1.29 is 9.84 Å². The van der Waals surface area contributed by atoms with Gasteiger partial charge >= 0.3 is 0 Å². The summed E-state index contributed by atoms with van der Waals surface area (Å²) in [5, 5.41) is 12.5. The van der Waals surface area contributed by atoms with Crippen LogP contribution in [0.25, 0.3) is 0 Å². The van der Waals surface area contributed by atoms with Gasteiger partial charge in [-0.2, -0.15) is 0 Å². The van der Waals surface area contributed by atoms with E-state index in [9.17, 15) is 0 Å². The van der Waals surface area contributed by atoms with Gasteiger partial charge in [0.2, 0.25) is 0 Å². The lowest BCUT2D eigenvalue weighted by Crippen LogP contribution is -2.64. The Hall–Kier alpha value is -0.120. The Kier molecular flexibility index (Phi) is 3.43. The molecule has 4 rings (SSSR count). The third-order valence-corrected chi connectivity index (χ3v) is 5.61. The predicted octanol–water partition coefficient (Wildman–Crippen LogP) is 2.33. The number of nitrogens with one attached hydrogen (secondary N) is 1. The van der Waals surface area contributed by atoms with E-state index in [1.165, 1.54) is 38.5 Å². The monoisotopic (exact) mass is 267 g/mol. The van der Waals surface area contributed by atoms with Gasteiger partial charge in [-0.15, -0.1) is 0 Å². The SMILES string of the molecule is CC12CC3CC(C)(C1)CC(NCCOCCO)(C3)C2. The molecule has 2 unspecified atom stereocenters. The van der Waals surface area contributed by atoms with Gasteiger partial charge in [-0.05, 0) is 55.3 Å². The molecule has 4 aliphatic rings. The molecule has 0 radical (unpaired) electrons. The molecule has 4 aliphatic carbocycles. The van der Waals surface area contributed by atoms with Gasteiger partial charge in [-0.1, -0.05) is 13.8 Å². The maximum absolute atomic E-state index is 8.72. The molecule has 4 fully saturated rings. The van der Waals surface area contributed by atoms with Crippen molar-refractivity contribution in [3.8, 4) is 0 Å². The number of hydrogen-bond donors (Lipinski definition) is 2. The Morgan fingerprint density at radius 3 is 2.32 bits per heavy atom. The van der Waals surface area contributed by atoms with E-state index in [0.717, 1.165) is 19.1 Å². The van der Waals surface area contributed by atoms with Gasteiger partial charge in [-0.25, -0.2) is 0 Å². The number of aliphatic hydroxyl groups is 1. The minimum atomic E-state index is 0.128. The maximum atomic E-state index is 8.72. The van der Waals surface area contributed by atoms with Crippen LogP contribution in [0.5, 0.6) is 0 Å². The Morgan fingerprint density at radius 2 is 1.74 bits per heavy atom. The van der Waals surface area contributed by atoms with Crippen LogP contribution in [0.15, 0.2) is 0 Å². The lowest BCUT2D eigenvalue weighted by molar-refractivity contribution is -0.118. The summed E-state index contributed by atoms with van der Waals surface area (Å²) in [6.45, 7) is 7.26. The highest BCUT2D eigenvalue weighted by atomic mass is 16.5. The number of ether oxygens (including phenoxy) is 1. The third kappa shape index (κ3) is 2.70. The highest BCUT2D eigenvalue weighted by Gasteiger charge is 2.59. The summed E-state index contributed by atoms with van der Waals surface area (Å²) in [5.74, 6) is 0.942. The average Bonchev–Trinajstić information content (AvgIpc) is 2.23. The average molecular weight is 267 g/mol. The predicted molar refractivity (Wildman–Crippen MR) is 76.0 cm³/mol. The van der Waals surface area contributed by atoms with E-state index >= 15 is 0 Å². The molecule has 4 bridgehead atoms. The van der Waals surface area contributed by atoms with E-state index in [4.69, 9.17) is 9.84 Å². The molecule has 0 heterocycles. The van der Waals surface area contributed by atoms with Crippen LogP contribution in [-0.4, -0.2) is 37.0 Å². The summed E-state index contributed by atoms with van der Waals surface area (Å²) in [6.07, 6.45) is 8.41. The second-order valence-electron chi connectivity index (χ2n) is 8.17. The molecule has 0 spiro atoms. The van der Waals surface area contributed by atoms with Crippen LogP contribution in [0.4, 0.5) is 0 Å². The molecule has 19 heavy (non-hydrogen) atoms. The van der Waals surface area contributed by atoms with Crippen LogP contribution in [0.3, 0.4) is 0 Å². The fraction of sp³-hybridized carbons (Fsp3) is 1.00. The molecular weight excluding hydrogens is 238 g/mol. The molecule has 0 amide bonds. The van der Waals surface area contributed by atoms with Crippen molar-refractivity contribution >= 4 is 0 Å². The van der Waals surface area contributed by atoms with E-state index in [2.05, 4.69) is 19.2 Å². The summed E-state index contributed by atoms with van der Waals surface area (Å²) in [5.41, 5.74) is 1.53. The Labute approximate surface area is 117 Å². The molecule has 0 aromatic carbocycles. The first kappa shape index (κ1) is 13.8. The molecule has 0 aromatic rings. The zero-order valence-electron chi connectivity index (χ0n) is 12.5. The van der Waals surface area contributed by atoms with Gasteiger partial charge in [0, 0.05) is 12.1 Å². The van der Waals surface area contributed by atoms with Crippen LogP contribution >= 0.6 is 0 Å². The van der Waals surface area contributed by atoms with E-state index < -0.39 is 0 Å². The topological polar surface area (TPSA) is 41.5 Å². The maximum Gasteiger partial charge on any atom is 0.0698 e. The van der Waals surface area contributed by atoms with Crippen LogP contribution in [0.1, 0.15) is 52.4 Å². The zero-order valence-corrected chi connectivity index (χ0v) is 12.5. The summed E-state index contributed by atoms with van der Waals surface area (Å²) >= 11 is 0. The fourth-order valence-electron chi connectivity index (χ4n) is 6.20. The largest absolute Gasteiger partial charge is 0.394 e. The summed E-state index contributed by atoms with van der Waals surface area (Å²) < 4.78 is 5.38. The Morgan fingerprint density at radius 1 is 1.05 bits per heavy atom. The number of rotatable bonds is 6. The quantitative estimate of drug-likeness (QED) is 0.726. The first-order chi connectivity index (χ1) is 8.97. The van der Waals surface area contributed by atoms with Crippen molar-refractivity contribution in [2.24, 2.45) is 16.7 Å². The van der Waals surface area contributed by atoms with Crippen LogP contribution in [0.2, 0.25) is 0 Å². The lowest BCUT2D eigenvalue weighted by Gasteiger charge is -2.65. The van der Waals surface area contributed by atoms with Crippen molar-refractivity contribution in [3.05, 3.63) is 0 Å². The first-order valence-corrected chi connectivity index (χ1v) is 7.90. The minimum absolute atomic E-state index is 0.128. The highest BCUT2D eigenvalue weighted by molar-refractivity contribution is 5.14. The Balaban J connectivity index is 1.61. The molecule has 4 saturated carbocycles. The molecule has 0 aliphatic heterocycles. The van der Waals surface area contributed by atoms with E-state index in [1.54, 1.807) is 0 Å². The standard InChI is InChI=1S/C16H29NO2/c1-14-7-13-8-15(2,10-14)12-16(9-13,11-14)17-3-5-19-6-4-18/h13,17-18H,3-12H2,1-2H3. The normalized spacial score (nSPS) is 47.8. The second-order valence-corrected chi connectivity index (χ2v) is 8.17. The molecule has 0 aromatic heterocycles. The van der Waals surface area contributed by atoms with Gasteiger partial charge in [-0.3, -0.25) is 0 Å². The van der Waals surface area contributed by atoms with Crippen molar-refractivity contribution in [1.82, 2.24) is 5.32 Å². The summed E-state index contributed by atoms with van der Waals surface area (Å²) in [7, 11) is 0. The van der Waals surface area contributed by atoms with Crippen molar-refractivity contribution in [1.29, 1.82) is 0 Å². The number of aliphatic hydroxyl groups excluding tert-OH is 1. The van der Waals surface area contributed by atoms with Gasteiger partial charge in [0.25, 0.3) is 0 Å². The first-order valence-electron chi connectivity index (χ1n) is 7.90. The summed E-state index contributed by atoms with van der Waals surface area (Å²) in [4.78, 5) is 0. The van der Waals surface area contributed by atoms with E-state index in [1.807, 2.05) is 0 Å². The molecule has 3 heteroatoms. The lowest BCUT2D eigenvalue weighted by atomic mass is 9.43. The van der Waals surface area contributed by atoms with Gasteiger partial charge in [0.1, 0.15) is 0 Å². The molecule has 110 valence electrons. The molecular formula is C16H29NO2. The molecule has 2 atom stereocenters. The van der Waals surface area contributed by atoms with Gasteiger partial charge < -0.3 is 15.2 Å². The number of hydrogen-bond acceptors (Lipinski definition) is 3. The molecule has 0 saturated heterocycles. The summed E-state index contributed by atoms with van der Waals surface area (Å²) in [6, 6.07) is 0. The van der Waals surface area contributed by atoms with E-state index in [0.29, 0.717) is 23.0 Å². The van der Waals surface area contributed by atoms with Crippen molar-refractivity contribution in [2.75, 3.05) is 26.4 Å². The van der Waals surface area contributed by atoms with Gasteiger partial charge in [0.05, 0.1) is 19.8 Å². The van der Waals surface area contributed by atoms with Gasteiger partial charge in [0.15, 0.2) is 0 Å². The smallest absolute Gasteiger partial charge is 0.0698 e. The van der Waals surface area contributed by atoms with E-state index in [-0.39, 0.29) is 6.61 Å². The molecule has 2 N–H and O–H groups in total.